The number of carbonyl (C=O) groups excluding carboxylic acids is 1. The molecule has 2 heterocycles. The van der Waals surface area contributed by atoms with E-state index in [1.807, 2.05) is 19.4 Å². The van der Waals surface area contributed by atoms with Gasteiger partial charge in [0, 0.05) is 46.3 Å². The molecule has 0 radical (unpaired) electrons. The molecule has 21 heavy (non-hydrogen) atoms. The standard InChI is InChI=1S/C15H25N3O2S/c1-13(19)9-17-4-6-18(7-5-17)11-15(20)16(2)10-14-3-8-21-12-14/h3,8,12-13,19H,4-7,9-11H2,1-2H3/t13-/m0/s1. The number of hydrogen-bond acceptors (Lipinski definition) is 5. The van der Waals surface area contributed by atoms with E-state index in [9.17, 15) is 9.90 Å². The average Bonchev–Trinajstić information content (AvgIpc) is 2.93. The molecule has 1 saturated heterocycles. The Morgan fingerprint density at radius 1 is 1.38 bits per heavy atom. The Hall–Kier alpha value is -0.950. The highest BCUT2D eigenvalue weighted by atomic mass is 32.1. The number of aliphatic hydroxyl groups excluding tert-OH is 1. The van der Waals surface area contributed by atoms with Crippen LogP contribution in [0.5, 0.6) is 0 Å². The van der Waals surface area contributed by atoms with Gasteiger partial charge in [-0.05, 0) is 29.3 Å². The molecule has 0 bridgehead atoms. The zero-order valence-electron chi connectivity index (χ0n) is 12.9. The van der Waals surface area contributed by atoms with Crippen molar-refractivity contribution < 1.29 is 9.90 Å². The second-order valence-electron chi connectivity index (χ2n) is 5.81. The predicted octanol–water partition coefficient (Wildman–Crippen LogP) is 0.705. The number of likely N-dealkylation sites (N-methyl/N-ethyl adjacent to an activating group) is 1. The van der Waals surface area contributed by atoms with Crippen molar-refractivity contribution in [2.45, 2.75) is 19.6 Å². The number of aliphatic hydroxyl groups is 1. The van der Waals surface area contributed by atoms with Gasteiger partial charge in [0.05, 0.1) is 12.6 Å². The van der Waals surface area contributed by atoms with Crippen LogP contribution in [0.25, 0.3) is 0 Å². The smallest absolute Gasteiger partial charge is 0.236 e. The lowest BCUT2D eigenvalue weighted by Gasteiger charge is -2.35. The Morgan fingerprint density at radius 2 is 2.05 bits per heavy atom. The first kappa shape index (κ1) is 16.4. The molecule has 1 aromatic rings. The average molecular weight is 311 g/mol. The van der Waals surface area contributed by atoms with Gasteiger partial charge in [-0.15, -0.1) is 0 Å². The largest absolute Gasteiger partial charge is 0.392 e. The van der Waals surface area contributed by atoms with Crippen LogP contribution in [-0.4, -0.2) is 78.1 Å². The lowest BCUT2D eigenvalue weighted by molar-refractivity contribution is -0.132. The van der Waals surface area contributed by atoms with Crippen LogP contribution in [0.4, 0.5) is 0 Å². The molecule has 0 spiro atoms. The Bertz CT molecular complexity index is 428. The molecule has 1 atom stereocenters. The SMILES string of the molecule is C[C@H](O)CN1CCN(CC(=O)N(C)Cc2ccsc2)CC1. The molecular weight excluding hydrogens is 286 g/mol. The second kappa shape index (κ2) is 7.89. The van der Waals surface area contributed by atoms with Gasteiger partial charge >= 0.3 is 0 Å². The summed E-state index contributed by atoms with van der Waals surface area (Å²) < 4.78 is 0. The monoisotopic (exact) mass is 311 g/mol. The van der Waals surface area contributed by atoms with Crippen LogP contribution in [0.15, 0.2) is 16.8 Å². The number of hydrogen-bond donors (Lipinski definition) is 1. The maximum absolute atomic E-state index is 12.2. The number of nitrogens with zero attached hydrogens (tertiary/aromatic N) is 3. The zero-order valence-corrected chi connectivity index (χ0v) is 13.7. The number of amides is 1. The Balaban J connectivity index is 1.71. The van der Waals surface area contributed by atoms with Crippen molar-refractivity contribution in [3.8, 4) is 0 Å². The molecular formula is C15H25N3O2S. The quantitative estimate of drug-likeness (QED) is 0.840. The molecule has 1 aliphatic heterocycles. The number of β-amino-alcohol motifs (C(OH)–C–C–N with tert-alkyl or cyclic N) is 1. The van der Waals surface area contributed by atoms with Gasteiger partial charge in [0.2, 0.25) is 5.91 Å². The highest BCUT2D eigenvalue weighted by Gasteiger charge is 2.21. The minimum atomic E-state index is -0.282. The number of rotatable bonds is 6. The molecule has 1 aromatic heterocycles. The molecule has 6 heteroatoms. The van der Waals surface area contributed by atoms with Crippen LogP contribution in [-0.2, 0) is 11.3 Å². The van der Waals surface area contributed by atoms with Crippen molar-refractivity contribution in [3.63, 3.8) is 0 Å². The summed E-state index contributed by atoms with van der Waals surface area (Å²) in [5.74, 6) is 0.171. The van der Waals surface area contributed by atoms with E-state index in [1.54, 1.807) is 16.2 Å². The van der Waals surface area contributed by atoms with Crippen LogP contribution >= 0.6 is 11.3 Å². The number of thiophene rings is 1. The van der Waals surface area contributed by atoms with Crippen LogP contribution < -0.4 is 0 Å². The van der Waals surface area contributed by atoms with Gasteiger partial charge in [0.15, 0.2) is 0 Å². The van der Waals surface area contributed by atoms with E-state index in [4.69, 9.17) is 0 Å². The number of carbonyl (C=O) groups is 1. The van der Waals surface area contributed by atoms with Gasteiger partial charge in [0.25, 0.3) is 0 Å². The summed E-state index contributed by atoms with van der Waals surface area (Å²) in [6.45, 7) is 7.34. The third-order valence-electron chi connectivity index (χ3n) is 3.77. The van der Waals surface area contributed by atoms with Crippen LogP contribution in [0.1, 0.15) is 12.5 Å². The molecule has 5 nitrogen and oxygen atoms in total. The summed E-state index contributed by atoms with van der Waals surface area (Å²) in [5, 5.41) is 13.5. The van der Waals surface area contributed by atoms with Gasteiger partial charge in [-0.25, -0.2) is 0 Å². The highest BCUT2D eigenvalue weighted by Crippen LogP contribution is 2.09. The van der Waals surface area contributed by atoms with Crippen molar-refractivity contribution in [2.24, 2.45) is 0 Å². The molecule has 0 aliphatic carbocycles. The van der Waals surface area contributed by atoms with Crippen LogP contribution in [0, 0.1) is 0 Å². The molecule has 1 amide bonds. The fourth-order valence-electron chi connectivity index (χ4n) is 2.56. The van der Waals surface area contributed by atoms with Crippen molar-refractivity contribution in [2.75, 3.05) is 46.3 Å². The summed E-state index contributed by atoms with van der Waals surface area (Å²) in [6, 6.07) is 2.06. The number of piperazine rings is 1. The van der Waals surface area contributed by atoms with Gasteiger partial charge in [-0.2, -0.15) is 11.3 Å². The van der Waals surface area contributed by atoms with Gasteiger partial charge in [-0.3, -0.25) is 14.6 Å². The lowest BCUT2D eigenvalue weighted by atomic mass is 10.2. The Morgan fingerprint density at radius 3 is 2.62 bits per heavy atom. The van der Waals surface area contributed by atoms with Crippen molar-refractivity contribution in [1.29, 1.82) is 0 Å². The van der Waals surface area contributed by atoms with E-state index in [0.717, 1.165) is 32.7 Å². The van der Waals surface area contributed by atoms with Gasteiger partial charge < -0.3 is 10.0 Å². The third-order valence-corrected chi connectivity index (χ3v) is 4.50. The fraction of sp³-hybridized carbons (Fsp3) is 0.667. The Kier molecular flexibility index (Phi) is 6.17. The van der Waals surface area contributed by atoms with E-state index in [0.29, 0.717) is 13.1 Å². The predicted molar refractivity (Wildman–Crippen MR) is 85.4 cm³/mol. The van der Waals surface area contributed by atoms with E-state index < -0.39 is 0 Å². The van der Waals surface area contributed by atoms with Crippen LogP contribution in [0.2, 0.25) is 0 Å². The zero-order chi connectivity index (χ0) is 15.2. The third kappa shape index (κ3) is 5.39. The van der Waals surface area contributed by atoms with Crippen molar-refractivity contribution in [3.05, 3.63) is 22.4 Å². The first-order valence-corrected chi connectivity index (χ1v) is 8.36. The molecule has 1 N–H and O–H groups in total. The van der Waals surface area contributed by atoms with Gasteiger partial charge in [-0.1, -0.05) is 0 Å². The van der Waals surface area contributed by atoms with Gasteiger partial charge in [0.1, 0.15) is 0 Å². The summed E-state index contributed by atoms with van der Waals surface area (Å²) >= 11 is 1.66. The van der Waals surface area contributed by atoms with E-state index in [1.165, 1.54) is 5.56 Å². The molecule has 118 valence electrons. The molecule has 0 aromatic carbocycles. The maximum atomic E-state index is 12.2. The summed E-state index contributed by atoms with van der Waals surface area (Å²) in [5.41, 5.74) is 1.19. The molecule has 2 rings (SSSR count). The summed E-state index contributed by atoms with van der Waals surface area (Å²) in [4.78, 5) is 18.5. The molecule has 1 fully saturated rings. The van der Waals surface area contributed by atoms with Crippen molar-refractivity contribution >= 4 is 17.2 Å². The van der Waals surface area contributed by atoms with E-state index >= 15 is 0 Å². The molecule has 1 aliphatic rings. The molecule has 0 unspecified atom stereocenters. The highest BCUT2D eigenvalue weighted by molar-refractivity contribution is 7.07. The topological polar surface area (TPSA) is 47.0 Å². The van der Waals surface area contributed by atoms with E-state index in [-0.39, 0.29) is 12.0 Å². The first-order valence-electron chi connectivity index (χ1n) is 7.42. The summed E-state index contributed by atoms with van der Waals surface area (Å²) in [6.07, 6.45) is -0.282. The minimum Gasteiger partial charge on any atom is -0.392 e. The summed E-state index contributed by atoms with van der Waals surface area (Å²) in [7, 11) is 1.86. The lowest BCUT2D eigenvalue weighted by Crippen LogP contribution is -2.50. The fourth-order valence-corrected chi connectivity index (χ4v) is 3.22. The Labute approximate surface area is 130 Å². The normalized spacial score (nSPS) is 18.6. The van der Waals surface area contributed by atoms with Crippen molar-refractivity contribution in [1.82, 2.24) is 14.7 Å². The first-order chi connectivity index (χ1) is 10.0. The van der Waals surface area contributed by atoms with Crippen LogP contribution in [0.3, 0.4) is 0 Å². The minimum absolute atomic E-state index is 0.171. The van der Waals surface area contributed by atoms with E-state index in [2.05, 4.69) is 21.2 Å². The maximum Gasteiger partial charge on any atom is 0.236 e. The second-order valence-corrected chi connectivity index (χ2v) is 6.59. The molecule has 0 saturated carbocycles.